The molecule has 20 heavy (non-hydrogen) atoms. The predicted octanol–water partition coefficient (Wildman–Crippen LogP) is 3.39. The van der Waals surface area contributed by atoms with E-state index in [1.165, 1.54) is 0 Å². The Morgan fingerprint density at radius 2 is 2.00 bits per heavy atom. The van der Waals surface area contributed by atoms with E-state index in [1.807, 2.05) is 22.6 Å². The van der Waals surface area contributed by atoms with E-state index in [4.69, 9.17) is 28.3 Å². The largest absolute Gasteiger partial charge is 0.481 e. The highest BCUT2D eigenvalue weighted by atomic mass is 127. The number of nitrogens with zero attached hydrogens (tertiary/aromatic N) is 1. The summed E-state index contributed by atoms with van der Waals surface area (Å²) in [7, 11) is 0. The highest BCUT2D eigenvalue weighted by Crippen LogP contribution is 2.31. The Morgan fingerprint density at radius 3 is 2.55 bits per heavy atom. The molecule has 0 aromatic heterocycles. The quantitative estimate of drug-likeness (QED) is 0.594. The summed E-state index contributed by atoms with van der Waals surface area (Å²) in [6.45, 7) is 2.56. The second kappa shape index (κ2) is 6.07. The molecule has 1 aromatic rings. The smallest absolute Gasteiger partial charge is 0.306 e. The topological polar surface area (TPSA) is 57.6 Å². The van der Waals surface area contributed by atoms with Gasteiger partial charge >= 0.3 is 5.97 Å². The molecule has 2 rings (SSSR count). The van der Waals surface area contributed by atoms with E-state index < -0.39 is 11.9 Å². The summed E-state index contributed by atoms with van der Waals surface area (Å²) in [5, 5.41) is 9.79. The SMILES string of the molecule is CC(C(=O)O)C1CN(C(=O)c2cc(Cl)cc(Cl)c2I)C1. The Kier molecular flexibility index (Phi) is 4.81. The van der Waals surface area contributed by atoms with Gasteiger partial charge in [0.25, 0.3) is 5.91 Å². The summed E-state index contributed by atoms with van der Waals surface area (Å²) < 4.78 is 0.661. The number of rotatable bonds is 3. The van der Waals surface area contributed by atoms with Crippen LogP contribution in [0.5, 0.6) is 0 Å². The number of halogens is 3. The van der Waals surface area contributed by atoms with Crippen molar-refractivity contribution in [3.8, 4) is 0 Å². The second-order valence-electron chi connectivity index (χ2n) is 4.85. The first-order chi connectivity index (χ1) is 9.31. The van der Waals surface area contributed by atoms with Gasteiger partial charge in [-0.05, 0) is 34.7 Å². The number of hydrogen-bond acceptors (Lipinski definition) is 2. The average Bonchev–Trinajstić information content (AvgIpc) is 2.31. The van der Waals surface area contributed by atoms with Gasteiger partial charge in [-0.3, -0.25) is 9.59 Å². The van der Waals surface area contributed by atoms with Gasteiger partial charge in [-0.25, -0.2) is 0 Å². The van der Waals surface area contributed by atoms with E-state index in [2.05, 4.69) is 0 Å². The van der Waals surface area contributed by atoms with Crippen molar-refractivity contribution in [2.24, 2.45) is 11.8 Å². The van der Waals surface area contributed by atoms with E-state index >= 15 is 0 Å². The number of hydrogen-bond donors (Lipinski definition) is 1. The maximum Gasteiger partial charge on any atom is 0.306 e. The summed E-state index contributed by atoms with van der Waals surface area (Å²) in [6.07, 6.45) is 0. The number of carboxylic acids is 1. The number of carbonyl (C=O) groups excluding carboxylic acids is 1. The maximum atomic E-state index is 12.3. The van der Waals surface area contributed by atoms with Crippen LogP contribution in [0.25, 0.3) is 0 Å². The molecule has 1 aromatic carbocycles. The third-order valence-corrected chi connectivity index (χ3v) is 5.51. The Labute approximate surface area is 140 Å². The Balaban J connectivity index is 2.10. The molecule has 1 N–H and O–H groups in total. The fourth-order valence-electron chi connectivity index (χ4n) is 2.08. The highest BCUT2D eigenvalue weighted by molar-refractivity contribution is 14.1. The number of benzene rings is 1. The molecule has 0 bridgehead atoms. The van der Waals surface area contributed by atoms with Gasteiger partial charge in [0.2, 0.25) is 0 Å². The first-order valence-corrected chi connectivity index (χ1v) is 7.81. The van der Waals surface area contributed by atoms with Crippen molar-refractivity contribution in [3.05, 3.63) is 31.3 Å². The Bertz CT molecular complexity index is 573. The van der Waals surface area contributed by atoms with Gasteiger partial charge < -0.3 is 10.0 Å². The van der Waals surface area contributed by atoms with Crippen LogP contribution in [0.3, 0.4) is 0 Å². The molecule has 7 heteroatoms. The molecule has 1 heterocycles. The molecule has 1 atom stereocenters. The van der Waals surface area contributed by atoms with Crippen molar-refractivity contribution >= 4 is 57.7 Å². The summed E-state index contributed by atoms with van der Waals surface area (Å²) >= 11 is 13.9. The molecular formula is C13H12Cl2INO3. The summed E-state index contributed by atoms with van der Waals surface area (Å²) in [6, 6.07) is 3.18. The molecular weight excluding hydrogens is 416 g/mol. The van der Waals surface area contributed by atoms with Crippen LogP contribution in [0, 0.1) is 15.4 Å². The molecule has 1 unspecified atom stereocenters. The van der Waals surface area contributed by atoms with Crippen LogP contribution in [-0.4, -0.2) is 35.0 Å². The summed E-state index contributed by atoms with van der Waals surface area (Å²) in [5.41, 5.74) is 0.463. The van der Waals surface area contributed by atoms with Crippen molar-refractivity contribution in [1.29, 1.82) is 0 Å². The fourth-order valence-corrected chi connectivity index (χ4v) is 3.11. The molecule has 1 amide bonds. The van der Waals surface area contributed by atoms with Gasteiger partial charge in [-0.2, -0.15) is 0 Å². The number of aliphatic carboxylic acids is 1. The van der Waals surface area contributed by atoms with Crippen LogP contribution >= 0.6 is 45.8 Å². The zero-order chi connectivity index (χ0) is 15.0. The van der Waals surface area contributed by atoms with E-state index in [9.17, 15) is 9.59 Å². The van der Waals surface area contributed by atoms with Crippen molar-refractivity contribution in [1.82, 2.24) is 4.90 Å². The first kappa shape index (κ1) is 15.9. The summed E-state index contributed by atoms with van der Waals surface area (Å²) in [4.78, 5) is 24.8. The van der Waals surface area contributed by atoms with Crippen LogP contribution < -0.4 is 0 Å². The minimum atomic E-state index is -0.831. The fraction of sp³-hybridized carbons (Fsp3) is 0.385. The van der Waals surface area contributed by atoms with E-state index in [0.717, 1.165) is 0 Å². The van der Waals surface area contributed by atoms with Gasteiger partial charge in [0.1, 0.15) is 0 Å². The molecule has 1 aliphatic heterocycles. The number of carboxylic acid groups (broad SMARTS) is 1. The van der Waals surface area contributed by atoms with Crippen molar-refractivity contribution in [2.45, 2.75) is 6.92 Å². The molecule has 1 saturated heterocycles. The lowest BCUT2D eigenvalue weighted by Crippen LogP contribution is -2.53. The number of likely N-dealkylation sites (tertiary alicyclic amines) is 1. The minimum absolute atomic E-state index is 0.00349. The molecule has 4 nitrogen and oxygen atoms in total. The zero-order valence-corrected chi connectivity index (χ0v) is 14.2. The molecule has 0 aliphatic carbocycles. The normalized spacial score (nSPS) is 16.7. The van der Waals surface area contributed by atoms with E-state index in [1.54, 1.807) is 24.0 Å². The van der Waals surface area contributed by atoms with Crippen molar-refractivity contribution < 1.29 is 14.7 Å². The monoisotopic (exact) mass is 427 g/mol. The number of amides is 1. The van der Waals surface area contributed by atoms with Crippen LogP contribution in [0.4, 0.5) is 0 Å². The van der Waals surface area contributed by atoms with Crippen LogP contribution in [0.15, 0.2) is 12.1 Å². The third kappa shape index (κ3) is 3.04. The van der Waals surface area contributed by atoms with Crippen LogP contribution in [0.2, 0.25) is 10.0 Å². The zero-order valence-electron chi connectivity index (χ0n) is 10.6. The molecule has 0 radical (unpaired) electrons. The standard InChI is InChI=1S/C13H12Cl2INO3/c1-6(13(19)20)7-4-17(5-7)12(18)9-2-8(14)3-10(15)11(9)16/h2-3,6-7H,4-5H2,1H3,(H,19,20). The van der Waals surface area contributed by atoms with E-state index in [-0.39, 0.29) is 11.8 Å². The second-order valence-corrected chi connectivity index (χ2v) is 6.77. The van der Waals surface area contributed by atoms with Gasteiger partial charge in [0, 0.05) is 27.6 Å². The predicted molar refractivity (Wildman–Crippen MR) is 85.4 cm³/mol. The van der Waals surface area contributed by atoms with Gasteiger partial charge in [-0.15, -0.1) is 0 Å². The Hall–Kier alpha value is -0.530. The third-order valence-electron chi connectivity index (χ3n) is 3.52. The van der Waals surface area contributed by atoms with Gasteiger partial charge in [0.15, 0.2) is 0 Å². The van der Waals surface area contributed by atoms with Crippen LogP contribution in [-0.2, 0) is 4.79 Å². The number of carbonyl (C=O) groups is 2. The molecule has 1 aliphatic rings. The van der Waals surface area contributed by atoms with Gasteiger partial charge in [0.05, 0.1) is 16.5 Å². The maximum absolute atomic E-state index is 12.3. The lowest BCUT2D eigenvalue weighted by Gasteiger charge is -2.41. The Morgan fingerprint density at radius 1 is 1.40 bits per heavy atom. The lowest BCUT2D eigenvalue weighted by molar-refractivity contribution is -0.144. The molecule has 0 saturated carbocycles. The highest BCUT2D eigenvalue weighted by Gasteiger charge is 2.38. The van der Waals surface area contributed by atoms with E-state index in [0.29, 0.717) is 32.3 Å². The van der Waals surface area contributed by atoms with Gasteiger partial charge in [-0.1, -0.05) is 30.1 Å². The van der Waals surface area contributed by atoms with Crippen LogP contribution in [0.1, 0.15) is 17.3 Å². The molecule has 108 valence electrons. The van der Waals surface area contributed by atoms with Crippen molar-refractivity contribution in [3.63, 3.8) is 0 Å². The first-order valence-electron chi connectivity index (χ1n) is 5.98. The van der Waals surface area contributed by atoms with Crippen molar-refractivity contribution in [2.75, 3.05) is 13.1 Å². The minimum Gasteiger partial charge on any atom is -0.481 e. The molecule has 0 spiro atoms. The lowest BCUT2D eigenvalue weighted by atomic mass is 9.86. The molecule has 1 fully saturated rings. The summed E-state index contributed by atoms with van der Waals surface area (Å²) in [5.74, 6) is -1.43. The average molecular weight is 428 g/mol.